The summed E-state index contributed by atoms with van der Waals surface area (Å²) in [7, 11) is 1.67. The van der Waals surface area contributed by atoms with Crippen LogP contribution in [0.1, 0.15) is 25.7 Å². The molecule has 0 spiro atoms. The number of hydrogen-bond acceptors (Lipinski definition) is 3. The molecule has 0 radical (unpaired) electrons. The third kappa shape index (κ3) is 3.93. The van der Waals surface area contributed by atoms with Crippen LogP contribution in [0.4, 0.5) is 10.5 Å². The molecule has 1 aromatic heterocycles. The molecule has 1 saturated carbocycles. The van der Waals surface area contributed by atoms with Gasteiger partial charge in [-0.15, -0.1) is 0 Å². The van der Waals surface area contributed by atoms with Crippen LogP contribution < -0.4 is 10.2 Å². The largest absolute Gasteiger partial charge is 0.481 e. The number of nitrogens with zero attached hydrogens (tertiary/aromatic N) is 2. The van der Waals surface area contributed by atoms with E-state index in [1.165, 1.54) is 4.90 Å². The molecule has 2 rings (SSSR count). The van der Waals surface area contributed by atoms with E-state index in [9.17, 15) is 14.7 Å². The van der Waals surface area contributed by atoms with Crippen LogP contribution in [0.3, 0.4) is 0 Å². The summed E-state index contributed by atoms with van der Waals surface area (Å²) < 4.78 is 0. The van der Waals surface area contributed by atoms with Gasteiger partial charge in [-0.3, -0.25) is 14.7 Å². The van der Waals surface area contributed by atoms with Crippen molar-refractivity contribution in [1.82, 2.24) is 10.3 Å². The minimum Gasteiger partial charge on any atom is -0.481 e. The number of carboxylic acid groups (broad SMARTS) is 1. The Morgan fingerprint density at radius 2 is 2.19 bits per heavy atom. The molecule has 0 saturated heterocycles. The van der Waals surface area contributed by atoms with Crippen molar-refractivity contribution in [2.75, 3.05) is 18.5 Å². The van der Waals surface area contributed by atoms with Crippen LogP contribution in [0, 0.1) is 11.8 Å². The number of carbonyl (C=O) groups excluding carboxylic acids is 1. The first kappa shape index (κ1) is 15.3. The van der Waals surface area contributed by atoms with Gasteiger partial charge in [0.15, 0.2) is 0 Å². The van der Waals surface area contributed by atoms with E-state index < -0.39 is 5.97 Å². The van der Waals surface area contributed by atoms with Crippen molar-refractivity contribution in [2.45, 2.75) is 25.7 Å². The Bertz CT molecular complexity index is 492. The number of carbonyl (C=O) groups is 2. The molecule has 1 aliphatic carbocycles. The van der Waals surface area contributed by atoms with Gasteiger partial charge in [0.25, 0.3) is 0 Å². The van der Waals surface area contributed by atoms with E-state index >= 15 is 0 Å². The molecule has 114 valence electrons. The molecule has 1 fully saturated rings. The Morgan fingerprint density at radius 3 is 2.86 bits per heavy atom. The van der Waals surface area contributed by atoms with E-state index in [1.54, 1.807) is 31.6 Å². The number of hydrogen-bond donors (Lipinski definition) is 2. The van der Waals surface area contributed by atoms with E-state index in [1.807, 2.05) is 0 Å². The molecule has 2 amide bonds. The average molecular weight is 291 g/mol. The maximum absolute atomic E-state index is 12.1. The molecular weight excluding hydrogens is 270 g/mol. The fraction of sp³-hybridized carbons (Fsp3) is 0.533. The van der Waals surface area contributed by atoms with Crippen molar-refractivity contribution in [1.29, 1.82) is 0 Å². The van der Waals surface area contributed by atoms with Crippen molar-refractivity contribution >= 4 is 17.7 Å². The predicted molar refractivity (Wildman–Crippen MR) is 79.1 cm³/mol. The molecule has 1 aromatic rings. The third-order valence-corrected chi connectivity index (χ3v) is 4.08. The minimum atomic E-state index is -0.755. The first-order valence-electron chi connectivity index (χ1n) is 7.24. The highest BCUT2D eigenvalue weighted by molar-refractivity contribution is 5.91. The number of aliphatic carboxylic acids is 1. The maximum atomic E-state index is 12.1. The number of aromatic nitrogens is 1. The second kappa shape index (κ2) is 7.06. The molecule has 2 unspecified atom stereocenters. The highest BCUT2D eigenvalue weighted by atomic mass is 16.4. The second-order valence-corrected chi connectivity index (χ2v) is 5.45. The third-order valence-electron chi connectivity index (χ3n) is 4.08. The molecule has 6 heteroatoms. The van der Waals surface area contributed by atoms with Gasteiger partial charge in [0, 0.05) is 19.8 Å². The lowest BCUT2D eigenvalue weighted by molar-refractivity contribution is -0.144. The quantitative estimate of drug-likeness (QED) is 0.890. The lowest BCUT2D eigenvalue weighted by Crippen LogP contribution is -2.42. The number of carboxylic acids is 1. The Morgan fingerprint density at radius 1 is 1.43 bits per heavy atom. The van der Waals surface area contributed by atoms with Crippen LogP contribution >= 0.6 is 0 Å². The van der Waals surface area contributed by atoms with Gasteiger partial charge in [-0.05, 0) is 30.9 Å². The zero-order chi connectivity index (χ0) is 15.2. The summed E-state index contributed by atoms with van der Waals surface area (Å²) in [5, 5.41) is 12.1. The molecule has 21 heavy (non-hydrogen) atoms. The standard InChI is InChI=1S/C15H21N3O3/c1-18(12-6-4-8-16-10-12)15(21)17-9-11-5-2-3-7-13(11)14(19)20/h4,6,8,10-11,13H,2-3,5,7,9H2,1H3,(H,17,21)(H,19,20). The van der Waals surface area contributed by atoms with Gasteiger partial charge in [-0.2, -0.15) is 0 Å². The molecule has 1 heterocycles. The van der Waals surface area contributed by atoms with Gasteiger partial charge in [0.05, 0.1) is 17.8 Å². The monoisotopic (exact) mass is 291 g/mol. The molecule has 6 nitrogen and oxygen atoms in total. The first-order valence-corrected chi connectivity index (χ1v) is 7.24. The fourth-order valence-electron chi connectivity index (χ4n) is 2.78. The second-order valence-electron chi connectivity index (χ2n) is 5.45. The van der Waals surface area contributed by atoms with Gasteiger partial charge < -0.3 is 10.4 Å². The molecule has 1 aliphatic rings. The van der Waals surface area contributed by atoms with Crippen LogP contribution in [-0.4, -0.2) is 35.7 Å². The van der Waals surface area contributed by atoms with E-state index in [0.717, 1.165) is 19.3 Å². The Labute approximate surface area is 124 Å². The van der Waals surface area contributed by atoms with Crippen molar-refractivity contribution < 1.29 is 14.7 Å². The molecule has 2 atom stereocenters. The topological polar surface area (TPSA) is 82.5 Å². The normalized spacial score (nSPS) is 21.6. The zero-order valence-corrected chi connectivity index (χ0v) is 12.2. The summed E-state index contributed by atoms with van der Waals surface area (Å²) in [6.07, 6.45) is 6.80. The van der Waals surface area contributed by atoms with Crippen LogP contribution in [0.15, 0.2) is 24.5 Å². The summed E-state index contributed by atoms with van der Waals surface area (Å²) in [6.45, 7) is 0.403. The summed E-state index contributed by atoms with van der Waals surface area (Å²) in [4.78, 5) is 28.8. The molecular formula is C15H21N3O3. The predicted octanol–water partition coefficient (Wildman–Crippen LogP) is 2.12. The highest BCUT2D eigenvalue weighted by Crippen LogP contribution is 2.29. The van der Waals surface area contributed by atoms with Gasteiger partial charge in [-0.25, -0.2) is 4.79 Å². The minimum absolute atomic E-state index is 0.0162. The van der Waals surface area contributed by atoms with Gasteiger partial charge in [0.2, 0.25) is 0 Å². The summed E-state index contributed by atoms with van der Waals surface area (Å²) in [6, 6.07) is 3.33. The Balaban J connectivity index is 1.89. The van der Waals surface area contributed by atoms with Crippen LogP contribution in [-0.2, 0) is 4.79 Å². The number of nitrogens with one attached hydrogen (secondary N) is 1. The van der Waals surface area contributed by atoms with E-state index in [4.69, 9.17) is 0 Å². The smallest absolute Gasteiger partial charge is 0.321 e. The van der Waals surface area contributed by atoms with Crippen molar-refractivity contribution in [2.24, 2.45) is 11.8 Å². The van der Waals surface area contributed by atoms with Crippen molar-refractivity contribution in [3.63, 3.8) is 0 Å². The zero-order valence-electron chi connectivity index (χ0n) is 12.2. The van der Waals surface area contributed by atoms with Crippen molar-refractivity contribution in [3.05, 3.63) is 24.5 Å². The number of amides is 2. The molecule has 0 aromatic carbocycles. The van der Waals surface area contributed by atoms with E-state index in [-0.39, 0.29) is 17.9 Å². The SMILES string of the molecule is CN(C(=O)NCC1CCCCC1C(=O)O)c1cccnc1. The average Bonchev–Trinajstić information content (AvgIpc) is 2.52. The van der Waals surface area contributed by atoms with Crippen LogP contribution in [0.2, 0.25) is 0 Å². The maximum Gasteiger partial charge on any atom is 0.321 e. The van der Waals surface area contributed by atoms with Gasteiger partial charge in [-0.1, -0.05) is 12.8 Å². The van der Waals surface area contributed by atoms with E-state index in [2.05, 4.69) is 10.3 Å². The number of rotatable bonds is 4. The lowest BCUT2D eigenvalue weighted by Gasteiger charge is -2.29. The first-order chi connectivity index (χ1) is 10.1. The number of pyridine rings is 1. The van der Waals surface area contributed by atoms with Gasteiger partial charge >= 0.3 is 12.0 Å². The number of anilines is 1. The summed E-state index contributed by atoms with van der Waals surface area (Å²) in [5.74, 6) is -1.08. The van der Waals surface area contributed by atoms with Crippen LogP contribution in [0.25, 0.3) is 0 Å². The van der Waals surface area contributed by atoms with Gasteiger partial charge in [0.1, 0.15) is 0 Å². The lowest BCUT2D eigenvalue weighted by atomic mass is 9.79. The van der Waals surface area contributed by atoms with Crippen LogP contribution in [0.5, 0.6) is 0 Å². The highest BCUT2D eigenvalue weighted by Gasteiger charge is 2.31. The Hall–Kier alpha value is -2.11. The molecule has 2 N–H and O–H groups in total. The fourth-order valence-corrected chi connectivity index (χ4v) is 2.78. The summed E-state index contributed by atoms with van der Waals surface area (Å²) >= 11 is 0. The number of urea groups is 1. The Kier molecular flexibility index (Phi) is 5.14. The van der Waals surface area contributed by atoms with Crippen molar-refractivity contribution in [3.8, 4) is 0 Å². The molecule has 0 aliphatic heterocycles. The molecule has 0 bridgehead atoms. The summed E-state index contributed by atoms with van der Waals surface area (Å²) in [5.41, 5.74) is 0.702. The van der Waals surface area contributed by atoms with E-state index in [0.29, 0.717) is 18.7 Å².